The van der Waals surface area contributed by atoms with E-state index in [4.69, 9.17) is 35.0 Å². The number of aliphatic hydroxyl groups excluding tert-OH is 5. The van der Waals surface area contributed by atoms with Gasteiger partial charge in [0.15, 0.2) is 0 Å². The number of hydrogen-bond acceptors (Lipinski definition) is 9. The largest absolute Gasteiger partial charge is 0.481 e. The third kappa shape index (κ3) is 14.5. The second kappa shape index (κ2) is 19.0. The van der Waals surface area contributed by atoms with Crippen molar-refractivity contribution in [2.75, 3.05) is 72.6 Å². The first-order chi connectivity index (χ1) is 15.4. The first kappa shape index (κ1) is 30.5. The lowest BCUT2D eigenvalue weighted by atomic mass is 9.91. The number of urea groups is 1. The van der Waals surface area contributed by atoms with Crippen LogP contribution in [0.1, 0.15) is 25.7 Å². The number of carbonyl (C=O) groups excluding carboxylic acids is 1. The van der Waals surface area contributed by atoms with Crippen LogP contribution in [0.3, 0.4) is 0 Å². The third-order valence-electron chi connectivity index (χ3n) is 4.87. The highest BCUT2D eigenvalue weighted by Gasteiger charge is 2.32. The summed E-state index contributed by atoms with van der Waals surface area (Å²) in [7, 11) is 0. The van der Waals surface area contributed by atoms with Crippen molar-refractivity contribution in [1.29, 1.82) is 0 Å². The smallest absolute Gasteiger partial charge is 0.314 e. The lowest BCUT2D eigenvalue weighted by molar-refractivity contribution is -0.137. The number of aliphatic carboxylic acids is 1. The predicted octanol–water partition coefficient (Wildman–Crippen LogP) is -1.86. The van der Waals surface area contributed by atoms with Crippen LogP contribution in [-0.2, 0) is 14.3 Å². The summed E-state index contributed by atoms with van der Waals surface area (Å²) < 4.78 is 11.1. The average molecular weight is 469 g/mol. The maximum Gasteiger partial charge on any atom is 0.314 e. The highest BCUT2D eigenvalue weighted by atomic mass is 16.5. The molecular weight excluding hydrogens is 428 g/mol. The molecule has 0 bridgehead atoms. The number of carbonyl (C=O) groups is 2. The van der Waals surface area contributed by atoms with Crippen LogP contribution in [0.25, 0.3) is 0 Å². The van der Waals surface area contributed by atoms with Crippen molar-refractivity contribution in [1.82, 2.24) is 10.6 Å². The molecule has 0 aliphatic heterocycles. The summed E-state index contributed by atoms with van der Waals surface area (Å²) >= 11 is 0. The molecule has 32 heavy (non-hydrogen) atoms. The number of unbranched alkanes of at least 4 members (excludes halogenated alkanes) is 2. The standard InChI is InChI=1S/C20H40N2O10/c23-6-16(7-24)10-31-14-20(13-27,15-32-11-17(8-25)9-26)12-22-19(30)21-5-3-1-2-4-18(28)29/h16-17,23-27H,1-15H2,(H,28,29)(H2,21,22,30). The van der Waals surface area contributed by atoms with E-state index in [1.54, 1.807) is 0 Å². The zero-order valence-corrected chi connectivity index (χ0v) is 18.6. The van der Waals surface area contributed by atoms with Gasteiger partial charge in [0, 0.05) is 31.3 Å². The summed E-state index contributed by atoms with van der Waals surface area (Å²) in [5.41, 5.74) is -1.02. The summed E-state index contributed by atoms with van der Waals surface area (Å²) in [6, 6.07) is -0.465. The fourth-order valence-electron chi connectivity index (χ4n) is 2.61. The summed E-state index contributed by atoms with van der Waals surface area (Å²) in [5, 5.41) is 60.5. The van der Waals surface area contributed by atoms with Crippen LogP contribution < -0.4 is 10.6 Å². The fraction of sp³-hybridized carbons (Fsp3) is 0.900. The van der Waals surface area contributed by atoms with Crippen molar-refractivity contribution in [3.05, 3.63) is 0 Å². The third-order valence-corrected chi connectivity index (χ3v) is 4.87. The molecule has 2 amide bonds. The molecule has 8 N–H and O–H groups in total. The zero-order valence-electron chi connectivity index (χ0n) is 18.6. The molecule has 12 heteroatoms. The number of aliphatic hydroxyl groups is 5. The van der Waals surface area contributed by atoms with Crippen LogP contribution >= 0.6 is 0 Å². The van der Waals surface area contributed by atoms with E-state index in [1.165, 1.54) is 0 Å². The van der Waals surface area contributed by atoms with Crippen molar-refractivity contribution in [2.45, 2.75) is 25.7 Å². The lowest BCUT2D eigenvalue weighted by Crippen LogP contribution is -2.49. The molecule has 0 rings (SSSR count). The number of nitrogens with one attached hydrogen (secondary N) is 2. The van der Waals surface area contributed by atoms with E-state index in [0.29, 0.717) is 25.8 Å². The molecule has 0 atom stereocenters. The van der Waals surface area contributed by atoms with Gasteiger partial charge >= 0.3 is 12.0 Å². The van der Waals surface area contributed by atoms with Gasteiger partial charge in [-0.25, -0.2) is 4.79 Å². The first-order valence-corrected chi connectivity index (χ1v) is 10.8. The molecular formula is C20H40N2O10. The molecule has 0 aromatic rings. The minimum atomic E-state index is -1.02. The summed E-state index contributed by atoms with van der Waals surface area (Å²) in [6.45, 7) is -1.04. The second-order valence-electron chi connectivity index (χ2n) is 7.96. The quantitative estimate of drug-likeness (QED) is 0.0884. The SMILES string of the molecule is O=C(O)CCCCCNC(=O)NCC(CO)(COCC(CO)CO)COCC(CO)CO. The monoisotopic (exact) mass is 468 g/mol. The molecule has 0 aliphatic rings. The molecule has 0 aliphatic carbocycles. The van der Waals surface area contributed by atoms with E-state index in [0.717, 1.165) is 0 Å². The van der Waals surface area contributed by atoms with Gasteiger partial charge in [0.2, 0.25) is 0 Å². The van der Waals surface area contributed by atoms with E-state index in [9.17, 15) is 14.7 Å². The number of amides is 2. The molecule has 12 nitrogen and oxygen atoms in total. The Balaban J connectivity index is 4.65. The summed E-state index contributed by atoms with van der Waals surface area (Å²) in [5.74, 6) is -1.80. The molecule has 0 unspecified atom stereocenters. The second-order valence-corrected chi connectivity index (χ2v) is 7.96. The predicted molar refractivity (Wildman–Crippen MR) is 114 cm³/mol. The number of rotatable bonds is 21. The van der Waals surface area contributed by atoms with Crippen molar-refractivity contribution in [3.8, 4) is 0 Å². The summed E-state index contributed by atoms with van der Waals surface area (Å²) in [6.07, 6.45) is 1.92. The molecule has 190 valence electrons. The van der Waals surface area contributed by atoms with Gasteiger partial charge in [-0.2, -0.15) is 0 Å². The fourth-order valence-corrected chi connectivity index (χ4v) is 2.61. The maximum absolute atomic E-state index is 12.1. The van der Waals surface area contributed by atoms with Crippen LogP contribution in [0.2, 0.25) is 0 Å². The van der Waals surface area contributed by atoms with Crippen LogP contribution in [-0.4, -0.2) is 115 Å². The van der Waals surface area contributed by atoms with Crippen molar-refractivity contribution >= 4 is 12.0 Å². The topological polar surface area (TPSA) is 198 Å². The Morgan fingerprint density at radius 1 is 0.781 bits per heavy atom. The van der Waals surface area contributed by atoms with Gasteiger partial charge in [-0.05, 0) is 12.8 Å². The lowest BCUT2D eigenvalue weighted by Gasteiger charge is -2.32. The Kier molecular flexibility index (Phi) is 18.1. The maximum atomic E-state index is 12.1. The Labute approximate surface area is 188 Å². The van der Waals surface area contributed by atoms with Gasteiger partial charge in [0.1, 0.15) is 0 Å². The summed E-state index contributed by atoms with van der Waals surface area (Å²) in [4.78, 5) is 22.6. The van der Waals surface area contributed by atoms with Gasteiger partial charge in [-0.3, -0.25) is 4.79 Å². The molecule has 0 aromatic carbocycles. The van der Waals surface area contributed by atoms with Gasteiger partial charge in [-0.1, -0.05) is 6.42 Å². The van der Waals surface area contributed by atoms with Gasteiger partial charge in [0.05, 0.1) is 64.9 Å². The molecule has 0 spiro atoms. The van der Waals surface area contributed by atoms with Crippen molar-refractivity contribution in [3.63, 3.8) is 0 Å². The molecule has 0 fully saturated rings. The van der Waals surface area contributed by atoms with E-state index in [-0.39, 0.29) is 65.8 Å². The molecule has 0 saturated carbocycles. The normalized spacial score (nSPS) is 11.8. The van der Waals surface area contributed by atoms with E-state index in [2.05, 4.69) is 10.6 Å². The first-order valence-electron chi connectivity index (χ1n) is 10.8. The highest BCUT2D eigenvalue weighted by molar-refractivity contribution is 5.73. The van der Waals surface area contributed by atoms with Crippen molar-refractivity contribution < 1.29 is 49.7 Å². The Hall–Kier alpha value is -1.54. The minimum Gasteiger partial charge on any atom is -0.481 e. The molecule has 0 heterocycles. The van der Waals surface area contributed by atoms with E-state index >= 15 is 0 Å². The van der Waals surface area contributed by atoms with E-state index < -0.39 is 35.9 Å². The number of carboxylic acids is 1. The zero-order chi connectivity index (χ0) is 24.2. The molecule has 0 saturated heterocycles. The van der Waals surface area contributed by atoms with Gasteiger partial charge < -0.3 is 50.7 Å². The van der Waals surface area contributed by atoms with Crippen molar-refractivity contribution in [2.24, 2.45) is 17.3 Å². The Morgan fingerprint density at radius 3 is 1.75 bits per heavy atom. The Bertz CT molecular complexity index is 469. The van der Waals surface area contributed by atoms with E-state index in [1.807, 2.05) is 0 Å². The molecule has 0 radical (unpaired) electrons. The number of ether oxygens (including phenoxy) is 2. The minimum absolute atomic E-state index is 0.000179. The van der Waals surface area contributed by atoms with Crippen LogP contribution in [0.5, 0.6) is 0 Å². The van der Waals surface area contributed by atoms with Crippen LogP contribution in [0, 0.1) is 17.3 Å². The molecule has 0 aromatic heterocycles. The van der Waals surface area contributed by atoms with Gasteiger partial charge in [-0.15, -0.1) is 0 Å². The Morgan fingerprint density at radius 2 is 1.31 bits per heavy atom. The average Bonchev–Trinajstić information content (AvgIpc) is 2.79. The highest BCUT2D eigenvalue weighted by Crippen LogP contribution is 2.18. The number of carboxylic acid groups (broad SMARTS) is 1. The number of hydrogen-bond donors (Lipinski definition) is 8. The van der Waals surface area contributed by atoms with Crippen LogP contribution in [0.4, 0.5) is 4.79 Å². The van der Waals surface area contributed by atoms with Crippen LogP contribution in [0.15, 0.2) is 0 Å². The van der Waals surface area contributed by atoms with Gasteiger partial charge in [0.25, 0.3) is 0 Å².